The lowest BCUT2D eigenvalue weighted by Gasteiger charge is -2.26. The van der Waals surface area contributed by atoms with E-state index in [0.29, 0.717) is 12.3 Å². The molecule has 0 saturated carbocycles. The number of hydrogen-bond donors (Lipinski definition) is 1. The van der Waals surface area contributed by atoms with Crippen LogP contribution in [0.2, 0.25) is 0 Å². The van der Waals surface area contributed by atoms with E-state index in [1.807, 2.05) is 31.2 Å². The second-order valence-corrected chi connectivity index (χ2v) is 7.73. The van der Waals surface area contributed by atoms with Crippen molar-refractivity contribution in [2.24, 2.45) is 0 Å². The Morgan fingerprint density at radius 2 is 2.04 bits per heavy atom. The molecule has 26 heavy (non-hydrogen) atoms. The first-order chi connectivity index (χ1) is 12.6. The van der Waals surface area contributed by atoms with Crippen LogP contribution < -0.4 is 5.32 Å². The number of carbonyl (C=O) groups excluding carboxylic acids is 1. The summed E-state index contributed by atoms with van der Waals surface area (Å²) in [7, 11) is -1.20. The lowest BCUT2D eigenvalue weighted by Crippen LogP contribution is -2.41. The molecular weight excluding hydrogens is 352 g/mol. The smallest absolute Gasteiger partial charge is 0.287 e. The minimum atomic E-state index is -1.20. The van der Waals surface area contributed by atoms with Crippen LogP contribution in [0, 0.1) is 6.92 Å². The molecule has 0 bridgehead atoms. The summed E-state index contributed by atoms with van der Waals surface area (Å²) in [5.74, 6) is 0.807. The van der Waals surface area contributed by atoms with E-state index in [1.165, 1.54) is 0 Å². The number of nitrogens with zero attached hydrogens (tertiary/aromatic N) is 1. The monoisotopic (exact) mass is 376 g/mol. The van der Waals surface area contributed by atoms with Crippen LogP contribution in [0.5, 0.6) is 0 Å². The number of nitrogens with one attached hydrogen (secondary N) is 1. The molecule has 140 valence electrons. The molecule has 1 aromatic heterocycles. The van der Waals surface area contributed by atoms with Gasteiger partial charge in [-0.3, -0.25) is 13.9 Å². The number of ether oxygens (including phenoxy) is 1. The SMILES string of the molecule is Cc1cccc(S(=O)Cc2ccc(C(=O)NCCN3CCOCC3)o2)c1. The molecule has 1 atom stereocenters. The van der Waals surface area contributed by atoms with E-state index in [2.05, 4.69) is 10.2 Å². The summed E-state index contributed by atoms with van der Waals surface area (Å²) >= 11 is 0. The number of rotatable bonds is 7. The van der Waals surface area contributed by atoms with Gasteiger partial charge in [0.25, 0.3) is 5.91 Å². The lowest BCUT2D eigenvalue weighted by molar-refractivity contribution is 0.0382. The Morgan fingerprint density at radius 3 is 2.81 bits per heavy atom. The van der Waals surface area contributed by atoms with Gasteiger partial charge < -0.3 is 14.5 Å². The average Bonchev–Trinajstić information content (AvgIpc) is 3.11. The van der Waals surface area contributed by atoms with E-state index in [1.54, 1.807) is 12.1 Å². The molecule has 1 fully saturated rings. The number of hydrogen-bond acceptors (Lipinski definition) is 5. The highest BCUT2D eigenvalue weighted by molar-refractivity contribution is 7.84. The molecule has 2 aromatic rings. The first-order valence-electron chi connectivity index (χ1n) is 8.74. The Labute approximate surface area is 156 Å². The molecule has 1 aromatic carbocycles. The number of aryl methyl sites for hydroxylation is 1. The maximum Gasteiger partial charge on any atom is 0.287 e. The Hall–Kier alpha value is -1.96. The fraction of sp³-hybridized carbons (Fsp3) is 0.421. The van der Waals surface area contributed by atoms with Gasteiger partial charge in [0.05, 0.1) is 29.8 Å². The van der Waals surface area contributed by atoms with E-state index in [0.717, 1.165) is 43.3 Å². The highest BCUT2D eigenvalue weighted by Crippen LogP contribution is 2.16. The fourth-order valence-corrected chi connectivity index (χ4v) is 3.91. The van der Waals surface area contributed by atoms with Gasteiger partial charge in [-0.1, -0.05) is 12.1 Å². The third-order valence-electron chi connectivity index (χ3n) is 4.23. The molecule has 1 saturated heterocycles. The molecule has 0 radical (unpaired) electrons. The van der Waals surface area contributed by atoms with Crippen LogP contribution in [0.25, 0.3) is 0 Å². The molecule has 6 nitrogen and oxygen atoms in total. The van der Waals surface area contributed by atoms with E-state index in [4.69, 9.17) is 9.15 Å². The van der Waals surface area contributed by atoms with Gasteiger partial charge in [0.15, 0.2) is 5.76 Å². The summed E-state index contributed by atoms with van der Waals surface area (Å²) in [5.41, 5.74) is 1.07. The number of furan rings is 1. The van der Waals surface area contributed by atoms with Crippen molar-refractivity contribution in [3.63, 3.8) is 0 Å². The van der Waals surface area contributed by atoms with Crippen LogP contribution in [-0.2, 0) is 21.3 Å². The average molecular weight is 376 g/mol. The van der Waals surface area contributed by atoms with E-state index in [-0.39, 0.29) is 17.4 Å². The lowest BCUT2D eigenvalue weighted by atomic mass is 10.2. The van der Waals surface area contributed by atoms with Gasteiger partial charge in [0, 0.05) is 31.1 Å². The Balaban J connectivity index is 1.48. The van der Waals surface area contributed by atoms with Crippen LogP contribution in [0.4, 0.5) is 0 Å². The highest BCUT2D eigenvalue weighted by atomic mass is 32.2. The van der Waals surface area contributed by atoms with Crippen molar-refractivity contribution in [2.45, 2.75) is 17.6 Å². The Morgan fingerprint density at radius 1 is 1.23 bits per heavy atom. The van der Waals surface area contributed by atoms with Crippen molar-refractivity contribution in [3.05, 3.63) is 53.5 Å². The zero-order valence-corrected chi connectivity index (χ0v) is 15.7. The predicted octanol–water partition coefficient (Wildman–Crippen LogP) is 1.96. The quantitative estimate of drug-likeness (QED) is 0.800. The molecule has 3 rings (SSSR count). The summed E-state index contributed by atoms with van der Waals surface area (Å²) in [4.78, 5) is 15.2. The molecule has 0 spiro atoms. The number of amides is 1. The summed E-state index contributed by atoms with van der Waals surface area (Å²) in [6.07, 6.45) is 0. The maximum atomic E-state index is 12.4. The Kier molecular flexibility index (Phi) is 6.60. The first-order valence-corrected chi connectivity index (χ1v) is 10.1. The number of morpholine rings is 1. The van der Waals surface area contributed by atoms with Crippen molar-refractivity contribution in [3.8, 4) is 0 Å². The predicted molar refractivity (Wildman–Crippen MR) is 99.6 cm³/mol. The van der Waals surface area contributed by atoms with Gasteiger partial charge in [-0.2, -0.15) is 0 Å². The molecule has 1 unspecified atom stereocenters. The van der Waals surface area contributed by atoms with Crippen molar-refractivity contribution >= 4 is 16.7 Å². The van der Waals surface area contributed by atoms with Gasteiger partial charge >= 0.3 is 0 Å². The van der Waals surface area contributed by atoms with Crippen molar-refractivity contribution in [2.75, 3.05) is 39.4 Å². The van der Waals surface area contributed by atoms with Crippen LogP contribution in [0.3, 0.4) is 0 Å². The fourth-order valence-electron chi connectivity index (χ4n) is 2.79. The molecular formula is C19H24N2O4S. The van der Waals surface area contributed by atoms with Crippen molar-refractivity contribution in [1.29, 1.82) is 0 Å². The van der Waals surface area contributed by atoms with E-state index < -0.39 is 10.8 Å². The van der Waals surface area contributed by atoms with Crippen LogP contribution >= 0.6 is 0 Å². The standard InChI is InChI=1S/C19H24N2O4S/c1-15-3-2-4-17(13-15)26(23)14-16-5-6-18(25-16)19(22)20-7-8-21-9-11-24-12-10-21/h2-6,13H,7-12,14H2,1H3,(H,20,22). The maximum absolute atomic E-state index is 12.4. The van der Waals surface area contributed by atoms with Gasteiger partial charge in [0.2, 0.25) is 0 Å². The third kappa shape index (κ3) is 5.27. The van der Waals surface area contributed by atoms with Gasteiger partial charge in [-0.15, -0.1) is 0 Å². The largest absolute Gasteiger partial charge is 0.455 e. The molecule has 1 N–H and O–H groups in total. The van der Waals surface area contributed by atoms with Gasteiger partial charge in [0.1, 0.15) is 5.76 Å². The van der Waals surface area contributed by atoms with Crippen molar-refractivity contribution in [1.82, 2.24) is 10.2 Å². The van der Waals surface area contributed by atoms with Crippen LogP contribution in [0.1, 0.15) is 21.9 Å². The molecule has 7 heteroatoms. The second kappa shape index (κ2) is 9.12. The summed E-state index contributed by atoms with van der Waals surface area (Å²) in [5, 5.41) is 2.86. The highest BCUT2D eigenvalue weighted by Gasteiger charge is 2.15. The summed E-state index contributed by atoms with van der Waals surface area (Å²) in [6, 6.07) is 10.9. The molecule has 2 heterocycles. The van der Waals surface area contributed by atoms with Gasteiger partial charge in [-0.05, 0) is 36.8 Å². The molecule has 1 amide bonds. The normalized spacial score (nSPS) is 16.3. The first kappa shape index (κ1) is 18.8. The molecule has 0 aliphatic carbocycles. The topological polar surface area (TPSA) is 71.8 Å². The zero-order valence-electron chi connectivity index (χ0n) is 14.9. The van der Waals surface area contributed by atoms with Crippen molar-refractivity contribution < 1.29 is 18.2 Å². The van der Waals surface area contributed by atoms with Crippen LogP contribution in [-0.4, -0.2) is 54.4 Å². The minimum Gasteiger partial charge on any atom is -0.455 e. The molecule has 1 aliphatic heterocycles. The van der Waals surface area contributed by atoms with Gasteiger partial charge in [-0.25, -0.2) is 0 Å². The zero-order chi connectivity index (χ0) is 18.4. The summed E-state index contributed by atoms with van der Waals surface area (Å²) < 4.78 is 23.3. The third-order valence-corrected chi connectivity index (χ3v) is 5.55. The Bertz CT molecular complexity index is 768. The number of carbonyl (C=O) groups is 1. The van der Waals surface area contributed by atoms with Crippen LogP contribution in [0.15, 0.2) is 45.7 Å². The minimum absolute atomic E-state index is 0.245. The second-order valence-electron chi connectivity index (χ2n) is 6.28. The molecule has 1 aliphatic rings. The summed E-state index contributed by atoms with van der Waals surface area (Å²) in [6.45, 7) is 6.59. The van der Waals surface area contributed by atoms with E-state index >= 15 is 0 Å². The van der Waals surface area contributed by atoms with E-state index in [9.17, 15) is 9.00 Å². The number of benzene rings is 1.